The fraction of sp³-hybridized carbons (Fsp3) is 0.400. The van der Waals surface area contributed by atoms with Gasteiger partial charge in [-0.05, 0) is 41.7 Å². The minimum atomic E-state index is -0.699. The second kappa shape index (κ2) is 7.55. The summed E-state index contributed by atoms with van der Waals surface area (Å²) >= 11 is 0. The van der Waals surface area contributed by atoms with E-state index in [1.165, 1.54) is 12.5 Å². The predicted octanol–water partition coefficient (Wildman–Crippen LogP) is 3.40. The van der Waals surface area contributed by atoms with Crippen LogP contribution in [0.5, 0.6) is 5.75 Å². The van der Waals surface area contributed by atoms with Gasteiger partial charge < -0.3 is 15.2 Å². The third-order valence-corrected chi connectivity index (χ3v) is 4.88. The monoisotopic (exact) mass is 341 g/mol. The largest absolute Gasteiger partial charge is 0.507 e. The van der Waals surface area contributed by atoms with Crippen LogP contribution in [0.15, 0.2) is 36.4 Å². The molecule has 0 aromatic heterocycles. The lowest BCUT2D eigenvalue weighted by atomic mass is 9.86. The van der Waals surface area contributed by atoms with Crippen molar-refractivity contribution in [1.82, 2.24) is 5.32 Å². The maximum absolute atomic E-state index is 12.2. The number of carbonyl (C=O) groups excluding carboxylic acids is 2. The van der Waals surface area contributed by atoms with Crippen molar-refractivity contribution >= 4 is 22.6 Å². The molecule has 132 valence electrons. The highest BCUT2D eigenvalue weighted by Crippen LogP contribution is 2.26. The standard InChI is InChI=1S/C20H23NO4/c1-13-6-2-5-9-17(13)21-19(23)12-25-20(24)16-10-14-7-3-4-8-15(14)11-18(16)22/h3-4,7-8,10-11,13,17,22H,2,5-6,9,12H2,1H3,(H,21,23)/t13-,17-/m1/s1. The van der Waals surface area contributed by atoms with Crippen LogP contribution in [-0.2, 0) is 9.53 Å². The van der Waals surface area contributed by atoms with Gasteiger partial charge in [0.2, 0.25) is 0 Å². The summed E-state index contributed by atoms with van der Waals surface area (Å²) in [5.74, 6) is -0.703. The first kappa shape index (κ1) is 17.3. The summed E-state index contributed by atoms with van der Waals surface area (Å²) in [6, 6.07) is 10.7. The molecule has 5 nitrogen and oxygen atoms in total. The first-order valence-electron chi connectivity index (χ1n) is 8.73. The van der Waals surface area contributed by atoms with Crippen molar-refractivity contribution in [2.75, 3.05) is 6.61 Å². The summed E-state index contributed by atoms with van der Waals surface area (Å²) in [4.78, 5) is 24.2. The summed E-state index contributed by atoms with van der Waals surface area (Å²) in [5.41, 5.74) is 0.0672. The van der Waals surface area contributed by atoms with Gasteiger partial charge in [0.15, 0.2) is 6.61 Å². The number of nitrogens with one attached hydrogen (secondary N) is 1. The number of benzene rings is 2. The molecule has 1 fully saturated rings. The molecule has 1 amide bonds. The molecular weight excluding hydrogens is 318 g/mol. The van der Waals surface area contributed by atoms with Crippen LogP contribution in [0.2, 0.25) is 0 Å². The van der Waals surface area contributed by atoms with Gasteiger partial charge in [-0.15, -0.1) is 0 Å². The Bertz CT molecular complexity index is 786. The molecule has 0 bridgehead atoms. The Balaban J connectivity index is 1.60. The molecule has 2 atom stereocenters. The topological polar surface area (TPSA) is 75.6 Å². The predicted molar refractivity (Wildman–Crippen MR) is 95.5 cm³/mol. The molecule has 0 spiro atoms. The maximum Gasteiger partial charge on any atom is 0.342 e. The van der Waals surface area contributed by atoms with Gasteiger partial charge in [-0.1, -0.05) is 44.0 Å². The number of hydrogen-bond acceptors (Lipinski definition) is 4. The Labute approximate surface area is 147 Å². The molecule has 0 aliphatic heterocycles. The molecule has 1 aliphatic rings. The van der Waals surface area contributed by atoms with Gasteiger partial charge in [0, 0.05) is 6.04 Å². The van der Waals surface area contributed by atoms with Crippen LogP contribution in [0.1, 0.15) is 43.0 Å². The number of ether oxygens (including phenoxy) is 1. The van der Waals surface area contributed by atoms with Crippen LogP contribution < -0.4 is 5.32 Å². The molecule has 2 aromatic rings. The molecule has 0 radical (unpaired) electrons. The SMILES string of the molecule is C[C@@H]1CCCC[C@H]1NC(=O)COC(=O)c1cc2ccccc2cc1O. The molecule has 1 aliphatic carbocycles. The normalized spacial score (nSPS) is 20.2. The van der Waals surface area contributed by atoms with Gasteiger partial charge in [-0.3, -0.25) is 4.79 Å². The Morgan fingerprint density at radius 2 is 1.84 bits per heavy atom. The number of carbonyl (C=O) groups is 2. The van der Waals surface area contributed by atoms with Crippen LogP contribution in [0.25, 0.3) is 10.8 Å². The summed E-state index contributed by atoms with van der Waals surface area (Å²) in [6.07, 6.45) is 4.38. The Kier molecular flexibility index (Phi) is 5.22. The lowest BCUT2D eigenvalue weighted by molar-refractivity contribution is -0.125. The van der Waals surface area contributed by atoms with Crippen molar-refractivity contribution in [2.24, 2.45) is 5.92 Å². The summed E-state index contributed by atoms with van der Waals surface area (Å²) in [6.45, 7) is 1.79. The number of amides is 1. The summed E-state index contributed by atoms with van der Waals surface area (Å²) in [7, 11) is 0. The minimum absolute atomic E-state index is 0.0672. The zero-order chi connectivity index (χ0) is 17.8. The highest BCUT2D eigenvalue weighted by Gasteiger charge is 2.23. The average Bonchev–Trinajstić information content (AvgIpc) is 2.61. The fourth-order valence-electron chi connectivity index (χ4n) is 3.38. The van der Waals surface area contributed by atoms with Gasteiger partial charge >= 0.3 is 5.97 Å². The zero-order valence-corrected chi connectivity index (χ0v) is 14.3. The van der Waals surface area contributed by atoms with Gasteiger partial charge in [-0.25, -0.2) is 4.79 Å². The van der Waals surface area contributed by atoms with E-state index >= 15 is 0 Å². The smallest absolute Gasteiger partial charge is 0.342 e. The third kappa shape index (κ3) is 4.10. The van der Waals surface area contributed by atoms with Gasteiger partial charge in [-0.2, -0.15) is 0 Å². The maximum atomic E-state index is 12.2. The first-order valence-corrected chi connectivity index (χ1v) is 8.73. The van der Waals surface area contributed by atoms with Crippen LogP contribution in [0, 0.1) is 5.92 Å². The average molecular weight is 341 g/mol. The number of rotatable bonds is 4. The summed E-state index contributed by atoms with van der Waals surface area (Å²) in [5, 5.41) is 14.6. The Morgan fingerprint density at radius 1 is 1.16 bits per heavy atom. The van der Waals surface area contributed by atoms with E-state index in [1.807, 2.05) is 24.3 Å². The Morgan fingerprint density at radius 3 is 2.56 bits per heavy atom. The molecule has 5 heteroatoms. The van der Waals surface area contributed by atoms with Crippen molar-refractivity contribution in [2.45, 2.75) is 38.6 Å². The molecule has 25 heavy (non-hydrogen) atoms. The number of aromatic hydroxyl groups is 1. The van der Waals surface area contributed by atoms with Crippen molar-refractivity contribution < 1.29 is 19.4 Å². The fourth-order valence-corrected chi connectivity index (χ4v) is 3.38. The molecule has 0 unspecified atom stereocenters. The Hall–Kier alpha value is -2.56. The highest BCUT2D eigenvalue weighted by atomic mass is 16.5. The molecule has 2 aromatic carbocycles. The lowest BCUT2D eigenvalue weighted by Gasteiger charge is -2.29. The molecule has 0 heterocycles. The highest BCUT2D eigenvalue weighted by molar-refractivity contribution is 5.99. The van der Waals surface area contributed by atoms with Crippen molar-refractivity contribution in [3.63, 3.8) is 0 Å². The van der Waals surface area contributed by atoms with Crippen LogP contribution in [-0.4, -0.2) is 29.6 Å². The minimum Gasteiger partial charge on any atom is -0.507 e. The second-order valence-electron chi connectivity index (χ2n) is 6.73. The first-order chi connectivity index (χ1) is 12.0. The van der Waals surface area contributed by atoms with E-state index < -0.39 is 5.97 Å². The van der Waals surface area contributed by atoms with E-state index in [4.69, 9.17) is 4.74 Å². The molecular formula is C20H23NO4. The number of fused-ring (bicyclic) bond motifs is 1. The van der Waals surface area contributed by atoms with E-state index in [2.05, 4.69) is 12.2 Å². The van der Waals surface area contributed by atoms with E-state index in [-0.39, 0.29) is 29.9 Å². The molecule has 3 rings (SSSR count). The second-order valence-corrected chi connectivity index (χ2v) is 6.73. The molecule has 1 saturated carbocycles. The van der Waals surface area contributed by atoms with E-state index in [0.29, 0.717) is 5.92 Å². The molecule has 0 saturated heterocycles. The number of phenols is 1. The van der Waals surface area contributed by atoms with Crippen molar-refractivity contribution in [1.29, 1.82) is 0 Å². The zero-order valence-electron chi connectivity index (χ0n) is 14.3. The van der Waals surface area contributed by atoms with Crippen LogP contribution in [0.4, 0.5) is 0 Å². The van der Waals surface area contributed by atoms with Gasteiger partial charge in [0.25, 0.3) is 5.91 Å². The van der Waals surface area contributed by atoms with Gasteiger partial charge in [0.05, 0.1) is 0 Å². The van der Waals surface area contributed by atoms with E-state index in [9.17, 15) is 14.7 Å². The lowest BCUT2D eigenvalue weighted by Crippen LogP contribution is -2.42. The molecule has 2 N–H and O–H groups in total. The number of esters is 1. The third-order valence-electron chi connectivity index (χ3n) is 4.88. The van der Waals surface area contributed by atoms with E-state index in [1.54, 1.807) is 6.07 Å². The van der Waals surface area contributed by atoms with Crippen molar-refractivity contribution in [3.8, 4) is 5.75 Å². The summed E-state index contributed by atoms with van der Waals surface area (Å²) < 4.78 is 5.09. The number of phenolic OH excluding ortho intramolecular Hbond substituents is 1. The van der Waals surface area contributed by atoms with E-state index in [0.717, 1.165) is 30.0 Å². The number of hydrogen-bond donors (Lipinski definition) is 2. The van der Waals surface area contributed by atoms with Crippen LogP contribution in [0.3, 0.4) is 0 Å². The van der Waals surface area contributed by atoms with Crippen LogP contribution >= 0.6 is 0 Å². The van der Waals surface area contributed by atoms with Gasteiger partial charge in [0.1, 0.15) is 11.3 Å². The quantitative estimate of drug-likeness (QED) is 0.836. The van der Waals surface area contributed by atoms with Crippen molar-refractivity contribution in [3.05, 3.63) is 42.0 Å².